The summed E-state index contributed by atoms with van der Waals surface area (Å²) >= 11 is 1.49. The van der Waals surface area contributed by atoms with Crippen LogP contribution in [-0.4, -0.2) is 27.4 Å². The van der Waals surface area contributed by atoms with Gasteiger partial charge in [-0.2, -0.15) is 0 Å². The number of hydrogen-bond donors (Lipinski definition) is 0. The first-order valence-electron chi connectivity index (χ1n) is 8.37. The molecule has 1 atom stereocenters. The van der Waals surface area contributed by atoms with Gasteiger partial charge in [0.15, 0.2) is 5.16 Å². The van der Waals surface area contributed by atoms with E-state index in [4.69, 9.17) is 14.2 Å². The van der Waals surface area contributed by atoms with Crippen LogP contribution in [-0.2, 0) is 17.0 Å². The number of para-hydroxylation sites is 1. The van der Waals surface area contributed by atoms with Gasteiger partial charge >= 0.3 is 0 Å². The normalized spacial score (nSPS) is 17.4. The maximum atomic E-state index is 13.0. The molecule has 6 nitrogen and oxygen atoms in total. The van der Waals surface area contributed by atoms with Gasteiger partial charge < -0.3 is 9.26 Å². The molecule has 0 bridgehead atoms. The standard InChI is InChI=1S/C18H19N3O3S/c1-12-9-14(24-20-12)11-25-18-19-16-7-3-2-6-15(16)17(22)21(18)10-13-5-4-8-23-13/h2-3,6-7,9,13H,4-5,8,10-11H2,1H3. The van der Waals surface area contributed by atoms with Crippen LogP contribution in [0.15, 0.2) is 44.8 Å². The fraction of sp³-hybridized carbons (Fsp3) is 0.389. The maximum absolute atomic E-state index is 13.0. The zero-order chi connectivity index (χ0) is 17.2. The highest BCUT2D eigenvalue weighted by molar-refractivity contribution is 7.98. The largest absolute Gasteiger partial charge is 0.376 e. The molecule has 1 unspecified atom stereocenters. The summed E-state index contributed by atoms with van der Waals surface area (Å²) in [5.74, 6) is 1.35. The summed E-state index contributed by atoms with van der Waals surface area (Å²) in [5, 5.41) is 5.23. The number of rotatable bonds is 5. The third-order valence-corrected chi connectivity index (χ3v) is 5.26. The van der Waals surface area contributed by atoms with E-state index in [0.717, 1.165) is 30.9 Å². The van der Waals surface area contributed by atoms with Crippen molar-refractivity contribution in [2.45, 2.75) is 43.3 Å². The molecule has 1 aromatic carbocycles. The van der Waals surface area contributed by atoms with Gasteiger partial charge in [0, 0.05) is 12.7 Å². The molecule has 25 heavy (non-hydrogen) atoms. The summed E-state index contributed by atoms with van der Waals surface area (Å²) in [6.07, 6.45) is 2.10. The van der Waals surface area contributed by atoms with Crippen LogP contribution in [0.3, 0.4) is 0 Å². The van der Waals surface area contributed by atoms with E-state index in [0.29, 0.717) is 28.4 Å². The van der Waals surface area contributed by atoms with Gasteiger partial charge in [0.1, 0.15) is 5.76 Å². The summed E-state index contributed by atoms with van der Waals surface area (Å²) < 4.78 is 12.7. The van der Waals surface area contributed by atoms with Crippen LogP contribution in [0.5, 0.6) is 0 Å². The quantitative estimate of drug-likeness (QED) is 0.516. The number of hydrogen-bond acceptors (Lipinski definition) is 6. The minimum Gasteiger partial charge on any atom is -0.376 e. The average Bonchev–Trinajstić information content (AvgIpc) is 3.27. The molecule has 7 heteroatoms. The third-order valence-electron chi connectivity index (χ3n) is 4.26. The Morgan fingerprint density at radius 1 is 1.36 bits per heavy atom. The molecule has 1 saturated heterocycles. The van der Waals surface area contributed by atoms with Gasteiger partial charge in [-0.05, 0) is 31.9 Å². The van der Waals surface area contributed by atoms with Crippen molar-refractivity contribution in [2.75, 3.05) is 6.61 Å². The second-order valence-corrected chi connectivity index (χ2v) is 7.13. The summed E-state index contributed by atoms with van der Waals surface area (Å²) in [4.78, 5) is 17.7. The van der Waals surface area contributed by atoms with Crippen LogP contribution in [0.25, 0.3) is 10.9 Å². The van der Waals surface area contributed by atoms with Crippen molar-refractivity contribution in [3.05, 3.63) is 52.1 Å². The SMILES string of the molecule is Cc1cc(CSc2nc3ccccc3c(=O)n2CC2CCCO2)on1. The minimum absolute atomic E-state index is 0.0163. The number of benzene rings is 1. The van der Waals surface area contributed by atoms with Crippen molar-refractivity contribution in [3.63, 3.8) is 0 Å². The van der Waals surface area contributed by atoms with Crippen LogP contribution in [0.4, 0.5) is 0 Å². The van der Waals surface area contributed by atoms with Crippen molar-refractivity contribution < 1.29 is 9.26 Å². The Labute approximate surface area is 149 Å². The minimum atomic E-state index is -0.0163. The number of thioether (sulfide) groups is 1. The Morgan fingerprint density at radius 3 is 3.00 bits per heavy atom. The molecule has 0 saturated carbocycles. The first kappa shape index (κ1) is 16.4. The zero-order valence-corrected chi connectivity index (χ0v) is 14.8. The lowest BCUT2D eigenvalue weighted by Crippen LogP contribution is -2.28. The predicted octanol–water partition coefficient (Wildman–Crippen LogP) is 3.16. The monoisotopic (exact) mass is 357 g/mol. The van der Waals surface area contributed by atoms with E-state index in [2.05, 4.69) is 5.16 Å². The first-order valence-corrected chi connectivity index (χ1v) is 9.35. The van der Waals surface area contributed by atoms with Gasteiger partial charge in [-0.15, -0.1) is 0 Å². The number of nitrogens with zero attached hydrogens (tertiary/aromatic N) is 3. The molecule has 130 valence electrons. The van der Waals surface area contributed by atoms with Gasteiger partial charge in [0.2, 0.25) is 0 Å². The van der Waals surface area contributed by atoms with E-state index in [1.165, 1.54) is 11.8 Å². The lowest BCUT2D eigenvalue weighted by Gasteiger charge is -2.16. The second-order valence-electron chi connectivity index (χ2n) is 6.19. The highest BCUT2D eigenvalue weighted by Crippen LogP contribution is 2.24. The molecular weight excluding hydrogens is 338 g/mol. The van der Waals surface area contributed by atoms with Crippen molar-refractivity contribution >= 4 is 22.7 Å². The Hall–Kier alpha value is -2.12. The van der Waals surface area contributed by atoms with Crippen LogP contribution >= 0.6 is 11.8 Å². The summed E-state index contributed by atoms with van der Waals surface area (Å²) in [7, 11) is 0. The van der Waals surface area contributed by atoms with E-state index in [-0.39, 0.29) is 11.7 Å². The second kappa shape index (κ2) is 7.01. The molecular formula is C18H19N3O3S. The highest BCUT2D eigenvalue weighted by Gasteiger charge is 2.20. The number of ether oxygens (including phenoxy) is 1. The summed E-state index contributed by atoms with van der Waals surface area (Å²) in [5.41, 5.74) is 1.54. The molecule has 0 amide bonds. The van der Waals surface area contributed by atoms with E-state index in [1.54, 1.807) is 4.57 Å². The van der Waals surface area contributed by atoms with Crippen LogP contribution in [0, 0.1) is 6.92 Å². The maximum Gasteiger partial charge on any atom is 0.262 e. The smallest absolute Gasteiger partial charge is 0.262 e. The Bertz CT molecular complexity index is 944. The van der Waals surface area contributed by atoms with Crippen molar-refractivity contribution in [3.8, 4) is 0 Å². The van der Waals surface area contributed by atoms with Crippen molar-refractivity contribution in [1.82, 2.24) is 14.7 Å². The molecule has 4 rings (SSSR count). The van der Waals surface area contributed by atoms with Crippen LogP contribution in [0.2, 0.25) is 0 Å². The lowest BCUT2D eigenvalue weighted by molar-refractivity contribution is 0.0937. The number of fused-ring (bicyclic) bond motifs is 1. The topological polar surface area (TPSA) is 70.2 Å². The summed E-state index contributed by atoms with van der Waals surface area (Å²) in [6.45, 7) is 3.19. The molecule has 1 aliphatic rings. The van der Waals surface area contributed by atoms with Gasteiger partial charge in [-0.25, -0.2) is 4.98 Å². The van der Waals surface area contributed by atoms with E-state index in [9.17, 15) is 4.79 Å². The van der Waals surface area contributed by atoms with Crippen molar-refractivity contribution in [2.24, 2.45) is 0 Å². The molecule has 2 aromatic heterocycles. The number of aryl methyl sites for hydroxylation is 1. The fourth-order valence-electron chi connectivity index (χ4n) is 3.03. The summed E-state index contributed by atoms with van der Waals surface area (Å²) in [6, 6.07) is 9.36. The average molecular weight is 357 g/mol. The van der Waals surface area contributed by atoms with E-state index < -0.39 is 0 Å². The first-order chi connectivity index (χ1) is 12.2. The molecule has 0 N–H and O–H groups in total. The molecule has 1 fully saturated rings. The van der Waals surface area contributed by atoms with Crippen LogP contribution < -0.4 is 5.56 Å². The van der Waals surface area contributed by atoms with E-state index in [1.807, 2.05) is 37.3 Å². The lowest BCUT2D eigenvalue weighted by atomic mass is 10.2. The predicted molar refractivity (Wildman–Crippen MR) is 95.8 cm³/mol. The molecule has 0 radical (unpaired) electrons. The molecule has 0 spiro atoms. The Morgan fingerprint density at radius 2 is 2.24 bits per heavy atom. The molecule has 3 heterocycles. The molecule has 1 aliphatic heterocycles. The van der Waals surface area contributed by atoms with Crippen molar-refractivity contribution in [1.29, 1.82) is 0 Å². The highest BCUT2D eigenvalue weighted by atomic mass is 32.2. The Balaban J connectivity index is 1.70. The van der Waals surface area contributed by atoms with Gasteiger partial charge in [0.05, 0.1) is 35.0 Å². The fourth-order valence-corrected chi connectivity index (χ4v) is 3.91. The van der Waals surface area contributed by atoms with Crippen LogP contribution in [0.1, 0.15) is 24.3 Å². The van der Waals surface area contributed by atoms with Gasteiger partial charge in [0.25, 0.3) is 5.56 Å². The van der Waals surface area contributed by atoms with Gasteiger partial charge in [-0.1, -0.05) is 29.1 Å². The van der Waals surface area contributed by atoms with E-state index >= 15 is 0 Å². The third kappa shape index (κ3) is 3.48. The zero-order valence-electron chi connectivity index (χ0n) is 14.0. The molecule has 3 aromatic rings. The van der Waals surface area contributed by atoms with Gasteiger partial charge in [-0.3, -0.25) is 9.36 Å². The molecule has 0 aliphatic carbocycles. The number of aromatic nitrogens is 3. The Kier molecular flexibility index (Phi) is 4.59.